The topological polar surface area (TPSA) is 59.9 Å². The number of carbonyl (C=O) groups is 2. The normalized spacial score (nSPS) is 10.5. The van der Waals surface area contributed by atoms with Crippen LogP contribution in [-0.4, -0.2) is 22.0 Å². The minimum atomic E-state index is -0.0778. The first-order valence-electron chi connectivity index (χ1n) is 7.08. The first-order chi connectivity index (χ1) is 11.1. The zero-order valence-electron chi connectivity index (χ0n) is 12.7. The van der Waals surface area contributed by atoms with Crippen LogP contribution in [0.4, 0.5) is 0 Å². The summed E-state index contributed by atoms with van der Waals surface area (Å²) in [5, 5.41) is 0. The molecular weight excluding hydrogens is 308 g/mol. The fourth-order valence-corrected chi connectivity index (χ4v) is 3.70. The summed E-state index contributed by atoms with van der Waals surface area (Å²) in [6.07, 6.45) is 5.92. The molecule has 0 aliphatic heterocycles. The largest absolute Gasteiger partial charge is 0.298 e. The fourth-order valence-electron chi connectivity index (χ4n) is 2.43. The van der Waals surface area contributed by atoms with Crippen LogP contribution in [-0.2, 0) is 0 Å². The molecule has 0 fully saturated rings. The second-order valence-corrected chi connectivity index (χ2v) is 6.16. The van der Waals surface area contributed by atoms with Gasteiger partial charge in [0, 0.05) is 40.8 Å². The van der Waals surface area contributed by atoms with Crippen molar-refractivity contribution in [1.82, 2.24) is 9.97 Å². The van der Waals surface area contributed by atoms with E-state index in [0.717, 1.165) is 32.7 Å². The van der Waals surface area contributed by atoms with Gasteiger partial charge in [-0.15, -0.1) is 11.3 Å². The minimum Gasteiger partial charge on any atom is -0.298 e. The Morgan fingerprint density at radius 2 is 1.78 bits per heavy atom. The summed E-state index contributed by atoms with van der Waals surface area (Å²) in [5.74, 6) is -0.0778. The van der Waals surface area contributed by atoms with Crippen molar-refractivity contribution >= 4 is 23.4 Å². The average molecular weight is 322 g/mol. The Kier molecular flexibility index (Phi) is 4.12. The molecule has 0 aromatic carbocycles. The van der Waals surface area contributed by atoms with E-state index < -0.39 is 0 Å². The molecule has 0 aliphatic rings. The predicted molar refractivity (Wildman–Crippen MR) is 90.9 cm³/mol. The summed E-state index contributed by atoms with van der Waals surface area (Å²) >= 11 is 1.54. The Morgan fingerprint density at radius 1 is 1.09 bits per heavy atom. The third kappa shape index (κ3) is 2.83. The highest BCUT2D eigenvalue weighted by Crippen LogP contribution is 2.41. The number of carbonyl (C=O) groups excluding carboxylic acids is 2. The lowest BCUT2D eigenvalue weighted by atomic mass is 10.0. The molecule has 0 atom stereocenters. The van der Waals surface area contributed by atoms with Gasteiger partial charge in [-0.3, -0.25) is 19.6 Å². The fraction of sp³-hybridized carbons (Fsp3) is 0.111. The number of hydrogen-bond acceptors (Lipinski definition) is 5. The first-order valence-corrected chi connectivity index (χ1v) is 7.89. The highest BCUT2D eigenvalue weighted by Gasteiger charge is 2.17. The highest BCUT2D eigenvalue weighted by atomic mass is 32.1. The van der Waals surface area contributed by atoms with Crippen molar-refractivity contribution in [2.45, 2.75) is 13.8 Å². The maximum absolute atomic E-state index is 11.6. The minimum absolute atomic E-state index is 0.0778. The Hall–Kier alpha value is -2.66. The van der Waals surface area contributed by atoms with E-state index in [1.165, 1.54) is 18.3 Å². The summed E-state index contributed by atoms with van der Waals surface area (Å²) in [5.41, 5.74) is 3.88. The van der Waals surface area contributed by atoms with Crippen molar-refractivity contribution < 1.29 is 9.59 Å². The number of hydrogen-bond donors (Lipinski definition) is 0. The SMILES string of the molecule is CC(=O)c1cc(-c2sc(-c3ccncc3)c(C=O)c2C)ccn1. The smallest absolute Gasteiger partial charge is 0.178 e. The van der Waals surface area contributed by atoms with E-state index in [-0.39, 0.29) is 5.78 Å². The van der Waals surface area contributed by atoms with E-state index >= 15 is 0 Å². The van der Waals surface area contributed by atoms with Crippen LogP contribution in [0.5, 0.6) is 0 Å². The lowest BCUT2D eigenvalue weighted by Gasteiger charge is -2.01. The molecule has 23 heavy (non-hydrogen) atoms. The Morgan fingerprint density at radius 3 is 2.43 bits per heavy atom. The van der Waals surface area contributed by atoms with Gasteiger partial charge >= 0.3 is 0 Å². The van der Waals surface area contributed by atoms with Gasteiger partial charge in [-0.1, -0.05) is 0 Å². The molecule has 4 nitrogen and oxygen atoms in total. The molecule has 0 bridgehead atoms. The van der Waals surface area contributed by atoms with Crippen LogP contribution in [0.3, 0.4) is 0 Å². The molecule has 0 unspecified atom stereocenters. The van der Waals surface area contributed by atoms with Gasteiger partial charge < -0.3 is 0 Å². The Bertz CT molecular complexity index is 885. The van der Waals surface area contributed by atoms with Gasteiger partial charge in [-0.05, 0) is 47.9 Å². The zero-order chi connectivity index (χ0) is 16.4. The number of nitrogens with zero attached hydrogens (tertiary/aromatic N) is 2. The van der Waals surface area contributed by atoms with Gasteiger partial charge in [0.1, 0.15) is 5.69 Å². The van der Waals surface area contributed by atoms with Crippen LogP contribution in [0.2, 0.25) is 0 Å². The highest BCUT2D eigenvalue weighted by molar-refractivity contribution is 7.19. The van der Waals surface area contributed by atoms with Crippen molar-refractivity contribution in [3.63, 3.8) is 0 Å². The second kappa shape index (κ2) is 6.22. The number of aromatic nitrogens is 2. The maximum Gasteiger partial charge on any atom is 0.178 e. The molecule has 5 heteroatoms. The van der Waals surface area contributed by atoms with Crippen molar-refractivity contribution in [2.75, 3.05) is 0 Å². The van der Waals surface area contributed by atoms with Crippen LogP contribution in [0.15, 0.2) is 42.9 Å². The molecule has 3 heterocycles. The monoisotopic (exact) mass is 322 g/mol. The molecule has 0 spiro atoms. The number of pyridine rings is 2. The van der Waals surface area contributed by atoms with E-state index in [4.69, 9.17) is 0 Å². The molecule has 0 N–H and O–H groups in total. The van der Waals surface area contributed by atoms with Crippen LogP contribution in [0.1, 0.15) is 33.3 Å². The van der Waals surface area contributed by atoms with E-state index in [9.17, 15) is 9.59 Å². The lowest BCUT2D eigenvalue weighted by molar-refractivity contribution is 0.101. The molecule has 114 valence electrons. The summed E-state index contributed by atoms with van der Waals surface area (Å²) in [7, 11) is 0. The third-order valence-electron chi connectivity index (χ3n) is 3.64. The Balaban J connectivity index is 2.18. The Labute approximate surface area is 137 Å². The van der Waals surface area contributed by atoms with Crippen molar-refractivity contribution in [3.05, 3.63) is 59.7 Å². The van der Waals surface area contributed by atoms with Crippen LogP contribution in [0.25, 0.3) is 20.9 Å². The van der Waals surface area contributed by atoms with E-state index in [1.807, 2.05) is 25.1 Å². The molecule has 0 saturated heterocycles. The molecule has 3 rings (SSSR count). The summed E-state index contributed by atoms with van der Waals surface area (Å²) < 4.78 is 0. The number of ketones is 1. The van der Waals surface area contributed by atoms with Crippen molar-refractivity contribution in [2.24, 2.45) is 0 Å². The van der Waals surface area contributed by atoms with Crippen LogP contribution < -0.4 is 0 Å². The van der Waals surface area contributed by atoms with Crippen molar-refractivity contribution in [3.8, 4) is 20.9 Å². The van der Waals surface area contributed by atoms with E-state index in [2.05, 4.69) is 9.97 Å². The number of aldehydes is 1. The van der Waals surface area contributed by atoms with Crippen molar-refractivity contribution in [1.29, 1.82) is 0 Å². The summed E-state index contributed by atoms with van der Waals surface area (Å²) in [6.45, 7) is 3.42. The first kappa shape index (κ1) is 15.2. The number of rotatable bonds is 4. The number of thiophene rings is 1. The lowest BCUT2D eigenvalue weighted by Crippen LogP contribution is -1.96. The third-order valence-corrected chi connectivity index (χ3v) is 5.04. The molecule has 3 aromatic rings. The molecule has 0 amide bonds. The van der Waals surface area contributed by atoms with Crippen LogP contribution in [0, 0.1) is 6.92 Å². The standard InChI is InChI=1S/C18H14N2O2S/c1-11-15(10-21)18(13-3-6-19-7-4-13)23-17(11)14-5-8-20-16(9-14)12(2)22/h3-10H,1-2H3. The van der Waals surface area contributed by atoms with Gasteiger partial charge in [0.25, 0.3) is 0 Å². The quantitative estimate of drug-likeness (QED) is 0.533. The summed E-state index contributed by atoms with van der Waals surface area (Å²) in [4.78, 5) is 33.1. The zero-order valence-corrected chi connectivity index (χ0v) is 13.6. The van der Waals surface area contributed by atoms with Crippen LogP contribution >= 0.6 is 11.3 Å². The van der Waals surface area contributed by atoms with E-state index in [1.54, 1.807) is 24.7 Å². The summed E-state index contributed by atoms with van der Waals surface area (Å²) in [6, 6.07) is 7.40. The predicted octanol–water partition coefficient (Wildman–Crippen LogP) is 4.20. The van der Waals surface area contributed by atoms with Gasteiger partial charge in [-0.2, -0.15) is 0 Å². The molecular formula is C18H14N2O2S. The molecule has 0 radical (unpaired) electrons. The second-order valence-electron chi connectivity index (χ2n) is 5.14. The number of Topliss-reactive ketones (excluding diaryl/α,β-unsaturated/α-hetero) is 1. The van der Waals surface area contributed by atoms with Gasteiger partial charge in [0.15, 0.2) is 12.1 Å². The molecule has 3 aromatic heterocycles. The van der Waals surface area contributed by atoms with Gasteiger partial charge in [-0.25, -0.2) is 0 Å². The molecule has 0 aliphatic carbocycles. The molecule has 0 saturated carbocycles. The maximum atomic E-state index is 11.6. The van der Waals surface area contributed by atoms with E-state index in [0.29, 0.717) is 11.3 Å². The van der Waals surface area contributed by atoms with Gasteiger partial charge in [0.05, 0.1) is 0 Å². The van der Waals surface area contributed by atoms with Gasteiger partial charge in [0.2, 0.25) is 0 Å². The average Bonchev–Trinajstić information content (AvgIpc) is 2.92.